The smallest absolute Gasteiger partial charge is 0.329 e. The Labute approximate surface area is 166 Å². The number of aryl methyl sites for hydroxylation is 1. The summed E-state index contributed by atoms with van der Waals surface area (Å²) in [6, 6.07) is 12.7. The van der Waals surface area contributed by atoms with Gasteiger partial charge in [0.25, 0.3) is 0 Å². The summed E-state index contributed by atoms with van der Waals surface area (Å²) in [5, 5.41) is 2.93. The van der Waals surface area contributed by atoms with Crippen LogP contribution in [0.25, 0.3) is 0 Å². The number of alkyl halides is 3. The first-order valence-corrected chi connectivity index (χ1v) is 9.07. The van der Waals surface area contributed by atoms with E-state index >= 15 is 0 Å². The molecule has 2 aromatic carbocycles. The van der Waals surface area contributed by atoms with Crippen LogP contribution in [0.4, 0.5) is 40.7 Å². The number of halogens is 4. The van der Waals surface area contributed by atoms with Crippen molar-refractivity contribution in [3.8, 4) is 0 Å². The summed E-state index contributed by atoms with van der Waals surface area (Å²) in [6.45, 7) is 2.08. The van der Waals surface area contributed by atoms with Crippen molar-refractivity contribution in [3.05, 3.63) is 71.7 Å². The molecule has 152 valence electrons. The summed E-state index contributed by atoms with van der Waals surface area (Å²) < 4.78 is 53.6. The van der Waals surface area contributed by atoms with Crippen LogP contribution in [0, 0.1) is 5.82 Å². The SMILES string of the molecule is CCCc1ccc(Nc2ncc(C(F)(F)F)c(N(C)c3ccc(F)cc3)n2)cc1. The highest BCUT2D eigenvalue weighted by molar-refractivity contribution is 5.65. The van der Waals surface area contributed by atoms with Gasteiger partial charge in [-0.05, 0) is 48.4 Å². The largest absolute Gasteiger partial charge is 0.421 e. The van der Waals surface area contributed by atoms with Gasteiger partial charge in [0.2, 0.25) is 5.95 Å². The quantitative estimate of drug-likeness (QED) is 0.504. The minimum atomic E-state index is -4.63. The minimum absolute atomic E-state index is 0.0326. The van der Waals surface area contributed by atoms with Gasteiger partial charge in [-0.25, -0.2) is 9.37 Å². The second kappa shape index (κ2) is 8.46. The van der Waals surface area contributed by atoms with Gasteiger partial charge in [0.15, 0.2) is 5.82 Å². The first-order chi connectivity index (χ1) is 13.8. The van der Waals surface area contributed by atoms with Crippen LogP contribution in [0.15, 0.2) is 54.7 Å². The van der Waals surface area contributed by atoms with Gasteiger partial charge in [0.1, 0.15) is 11.4 Å². The summed E-state index contributed by atoms with van der Waals surface area (Å²) in [7, 11) is 1.44. The Bertz CT molecular complexity index is 954. The normalized spacial score (nSPS) is 11.4. The van der Waals surface area contributed by atoms with Crippen molar-refractivity contribution in [3.63, 3.8) is 0 Å². The molecular formula is C21H20F4N4. The molecule has 0 radical (unpaired) electrons. The molecule has 1 aromatic heterocycles. The predicted octanol–water partition coefficient (Wildman–Crippen LogP) is 6.10. The van der Waals surface area contributed by atoms with Gasteiger partial charge in [-0.1, -0.05) is 25.5 Å². The number of nitrogens with one attached hydrogen (secondary N) is 1. The second-order valence-electron chi connectivity index (χ2n) is 6.54. The Balaban J connectivity index is 1.94. The number of nitrogens with zero attached hydrogens (tertiary/aromatic N) is 3. The summed E-state index contributed by atoms with van der Waals surface area (Å²) in [6.07, 6.45) is -1.92. The molecule has 29 heavy (non-hydrogen) atoms. The first kappa shape index (κ1) is 20.6. The average molecular weight is 404 g/mol. The fourth-order valence-corrected chi connectivity index (χ4v) is 2.85. The van der Waals surface area contributed by atoms with Crippen LogP contribution in [0.5, 0.6) is 0 Å². The molecule has 0 unspecified atom stereocenters. The van der Waals surface area contributed by atoms with Crippen molar-refractivity contribution in [2.24, 2.45) is 0 Å². The molecule has 8 heteroatoms. The van der Waals surface area contributed by atoms with Crippen LogP contribution in [-0.2, 0) is 12.6 Å². The van der Waals surface area contributed by atoms with Crippen LogP contribution in [-0.4, -0.2) is 17.0 Å². The van der Waals surface area contributed by atoms with E-state index in [1.165, 1.54) is 41.8 Å². The summed E-state index contributed by atoms with van der Waals surface area (Å²) in [4.78, 5) is 9.15. The zero-order chi connectivity index (χ0) is 21.0. The molecule has 0 spiro atoms. The maximum absolute atomic E-state index is 13.5. The number of hydrogen-bond donors (Lipinski definition) is 1. The molecule has 1 heterocycles. The molecule has 0 aliphatic heterocycles. The van der Waals surface area contributed by atoms with Crippen LogP contribution < -0.4 is 10.2 Å². The van der Waals surface area contributed by atoms with Crippen LogP contribution in [0.2, 0.25) is 0 Å². The molecule has 0 saturated carbocycles. The Morgan fingerprint density at radius 3 is 2.24 bits per heavy atom. The van der Waals surface area contributed by atoms with Gasteiger partial charge < -0.3 is 10.2 Å². The molecular weight excluding hydrogens is 384 g/mol. The zero-order valence-electron chi connectivity index (χ0n) is 16.0. The van der Waals surface area contributed by atoms with Crippen LogP contribution in [0.1, 0.15) is 24.5 Å². The molecule has 0 atom stereocenters. The lowest BCUT2D eigenvalue weighted by Gasteiger charge is -2.22. The van der Waals surface area contributed by atoms with Crippen molar-refractivity contribution in [2.45, 2.75) is 25.9 Å². The average Bonchev–Trinajstić information content (AvgIpc) is 2.69. The van der Waals surface area contributed by atoms with Crippen molar-refractivity contribution >= 4 is 23.1 Å². The molecule has 4 nitrogen and oxygen atoms in total. The van der Waals surface area contributed by atoms with Gasteiger partial charge in [-0.2, -0.15) is 18.2 Å². The highest BCUT2D eigenvalue weighted by Gasteiger charge is 2.36. The standard InChI is InChI=1S/C21H20F4N4/c1-3-4-14-5-9-16(10-6-14)27-20-26-13-18(21(23,24)25)19(28-20)29(2)17-11-7-15(22)8-12-17/h5-13H,3-4H2,1-2H3,(H,26,27,28). The van der Waals surface area contributed by atoms with Gasteiger partial charge in [0, 0.05) is 24.6 Å². The molecule has 3 rings (SSSR count). The maximum Gasteiger partial charge on any atom is 0.421 e. The number of rotatable bonds is 6. The lowest BCUT2D eigenvalue weighted by atomic mass is 10.1. The van der Waals surface area contributed by atoms with Gasteiger partial charge in [0.05, 0.1) is 0 Å². The van der Waals surface area contributed by atoms with E-state index in [0.29, 0.717) is 11.4 Å². The van der Waals surface area contributed by atoms with Crippen molar-refractivity contribution in [1.29, 1.82) is 0 Å². The fourth-order valence-electron chi connectivity index (χ4n) is 2.85. The van der Waals surface area contributed by atoms with Gasteiger partial charge in [-0.3, -0.25) is 0 Å². The van der Waals surface area contributed by atoms with Gasteiger partial charge >= 0.3 is 6.18 Å². The van der Waals surface area contributed by atoms with E-state index in [2.05, 4.69) is 22.2 Å². The number of hydrogen-bond acceptors (Lipinski definition) is 4. The molecule has 0 amide bonds. The molecule has 0 bridgehead atoms. The van der Waals surface area contributed by atoms with E-state index in [1.807, 2.05) is 24.3 Å². The topological polar surface area (TPSA) is 41.1 Å². The zero-order valence-corrected chi connectivity index (χ0v) is 16.0. The Morgan fingerprint density at radius 2 is 1.66 bits per heavy atom. The van der Waals surface area contributed by atoms with E-state index in [4.69, 9.17) is 0 Å². The molecule has 0 fully saturated rings. The Kier molecular flexibility index (Phi) is 6.00. The van der Waals surface area contributed by atoms with E-state index in [1.54, 1.807) is 0 Å². The summed E-state index contributed by atoms with van der Waals surface area (Å²) in [5.74, 6) is -0.774. The van der Waals surface area contributed by atoms with Gasteiger partial charge in [-0.15, -0.1) is 0 Å². The van der Waals surface area contributed by atoms with E-state index in [-0.39, 0.29) is 11.8 Å². The number of benzene rings is 2. The number of aromatic nitrogens is 2. The Hall–Kier alpha value is -3.16. The van der Waals surface area contributed by atoms with Crippen LogP contribution >= 0.6 is 0 Å². The predicted molar refractivity (Wildman–Crippen MR) is 105 cm³/mol. The molecule has 1 N–H and O–H groups in total. The third-order valence-electron chi connectivity index (χ3n) is 4.35. The van der Waals surface area contributed by atoms with Crippen LogP contribution in [0.3, 0.4) is 0 Å². The summed E-state index contributed by atoms with van der Waals surface area (Å²) >= 11 is 0. The third-order valence-corrected chi connectivity index (χ3v) is 4.35. The van der Waals surface area contributed by atoms with Crippen molar-refractivity contribution < 1.29 is 17.6 Å². The second-order valence-corrected chi connectivity index (χ2v) is 6.54. The molecule has 3 aromatic rings. The molecule has 0 saturated heterocycles. The molecule has 0 aliphatic rings. The highest BCUT2D eigenvalue weighted by Crippen LogP contribution is 2.37. The fraction of sp³-hybridized carbons (Fsp3) is 0.238. The van der Waals surface area contributed by atoms with E-state index in [9.17, 15) is 17.6 Å². The minimum Gasteiger partial charge on any atom is -0.329 e. The Morgan fingerprint density at radius 1 is 1.00 bits per heavy atom. The first-order valence-electron chi connectivity index (χ1n) is 9.07. The van der Waals surface area contributed by atoms with E-state index < -0.39 is 17.6 Å². The lowest BCUT2D eigenvalue weighted by molar-refractivity contribution is -0.137. The van der Waals surface area contributed by atoms with Crippen molar-refractivity contribution in [2.75, 3.05) is 17.3 Å². The van der Waals surface area contributed by atoms with Crippen molar-refractivity contribution in [1.82, 2.24) is 9.97 Å². The van der Waals surface area contributed by atoms with E-state index in [0.717, 1.165) is 19.0 Å². The number of anilines is 4. The monoisotopic (exact) mass is 404 g/mol. The molecule has 0 aliphatic carbocycles. The maximum atomic E-state index is 13.5. The third kappa shape index (κ3) is 5.01. The highest BCUT2D eigenvalue weighted by atomic mass is 19.4. The summed E-state index contributed by atoms with van der Waals surface area (Å²) in [5.41, 5.74) is 1.22. The lowest BCUT2D eigenvalue weighted by Crippen LogP contribution is -2.19.